The van der Waals surface area contributed by atoms with Crippen molar-refractivity contribution in [2.45, 2.75) is 33.2 Å². The Balaban J connectivity index is 2.02. The maximum atomic E-state index is 6.31. The van der Waals surface area contributed by atoms with Crippen molar-refractivity contribution in [3.63, 3.8) is 0 Å². The topological polar surface area (TPSA) is 29.3 Å². The maximum absolute atomic E-state index is 6.31. The predicted molar refractivity (Wildman–Crippen MR) is 85.6 cm³/mol. The third kappa shape index (κ3) is 3.91. The average molecular weight is 297 g/mol. The molecule has 2 N–H and O–H groups in total. The van der Waals surface area contributed by atoms with Crippen LogP contribution in [0.3, 0.4) is 0 Å². The van der Waals surface area contributed by atoms with Gasteiger partial charge in [-0.15, -0.1) is 0 Å². The smallest absolute Gasteiger partial charge is 0.104 e. The van der Waals surface area contributed by atoms with E-state index in [-0.39, 0.29) is 0 Å². The number of thiocarbonyl (C=S) groups is 1. The first-order valence-corrected chi connectivity index (χ1v) is 7.47. The Labute approximate surface area is 125 Å². The highest BCUT2D eigenvalue weighted by molar-refractivity contribution is 7.80. The first-order valence-electron chi connectivity index (χ1n) is 6.68. The number of likely N-dealkylation sites (tertiary alicyclic amines) is 1. The summed E-state index contributed by atoms with van der Waals surface area (Å²) in [6, 6.07) is 5.86. The molecule has 0 spiro atoms. The second-order valence-electron chi connectivity index (χ2n) is 6.11. The number of rotatable bonds is 3. The van der Waals surface area contributed by atoms with Gasteiger partial charge in [0.2, 0.25) is 0 Å². The average Bonchev–Trinajstić information content (AvgIpc) is 2.34. The summed E-state index contributed by atoms with van der Waals surface area (Å²) in [5, 5.41) is 0.759. The van der Waals surface area contributed by atoms with E-state index in [1.807, 2.05) is 18.2 Å². The zero-order chi connectivity index (χ0) is 14.0. The van der Waals surface area contributed by atoms with Crippen molar-refractivity contribution in [3.05, 3.63) is 34.3 Å². The molecular formula is C15H21ClN2S. The Bertz CT molecular complexity index is 475. The van der Waals surface area contributed by atoms with Gasteiger partial charge in [-0.05, 0) is 43.0 Å². The monoisotopic (exact) mass is 296 g/mol. The first kappa shape index (κ1) is 14.8. The Morgan fingerprint density at radius 3 is 2.53 bits per heavy atom. The molecule has 1 fully saturated rings. The van der Waals surface area contributed by atoms with Gasteiger partial charge < -0.3 is 5.73 Å². The molecule has 0 bridgehead atoms. The molecule has 104 valence electrons. The number of hydrogen-bond donors (Lipinski definition) is 1. The lowest BCUT2D eigenvalue weighted by atomic mass is 9.82. The normalized spacial score (nSPS) is 19.3. The van der Waals surface area contributed by atoms with E-state index in [4.69, 9.17) is 29.6 Å². The largest absolute Gasteiger partial charge is 0.389 e. The van der Waals surface area contributed by atoms with Crippen LogP contribution in [0.15, 0.2) is 18.2 Å². The van der Waals surface area contributed by atoms with E-state index in [1.54, 1.807) is 0 Å². The van der Waals surface area contributed by atoms with Crippen LogP contribution in [0.25, 0.3) is 0 Å². The van der Waals surface area contributed by atoms with Gasteiger partial charge in [-0.3, -0.25) is 4.90 Å². The third-order valence-electron chi connectivity index (χ3n) is 3.94. The summed E-state index contributed by atoms with van der Waals surface area (Å²) < 4.78 is 0. The molecular weight excluding hydrogens is 276 g/mol. The van der Waals surface area contributed by atoms with Crippen LogP contribution in [0, 0.1) is 5.41 Å². The van der Waals surface area contributed by atoms with E-state index < -0.39 is 0 Å². The summed E-state index contributed by atoms with van der Waals surface area (Å²) in [6.45, 7) is 7.87. The Morgan fingerprint density at radius 2 is 2.00 bits per heavy atom. The molecule has 0 aromatic heterocycles. The van der Waals surface area contributed by atoms with Crippen molar-refractivity contribution in [1.29, 1.82) is 0 Å². The standard InChI is InChI=1S/C15H21ClN2S/c1-15(2)5-7-18(8-6-15)10-12-4-3-11(14(17)19)9-13(12)16/h3-4,9H,5-8,10H2,1-2H3,(H2,17,19). The molecule has 0 saturated carbocycles. The van der Waals surface area contributed by atoms with Crippen molar-refractivity contribution in [2.24, 2.45) is 11.1 Å². The molecule has 1 aliphatic rings. The van der Waals surface area contributed by atoms with Crippen molar-refractivity contribution in [1.82, 2.24) is 4.90 Å². The lowest BCUT2D eigenvalue weighted by Gasteiger charge is -2.37. The van der Waals surface area contributed by atoms with Crippen LogP contribution in [-0.4, -0.2) is 23.0 Å². The number of hydrogen-bond acceptors (Lipinski definition) is 2. The highest BCUT2D eigenvalue weighted by atomic mass is 35.5. The van der Waals surface area contributed by atoms with Crippen molar-refractivity contribution in [2.75, 3.05) is 13.1 Å². The minimum atomic E-state index is 0.396. The van der Waals surface area contributed by atoms with Gasteiger partial charge in [0.05, 0.1) is 0 Å². The van der Waals surface area contributed by atoms with Crippen LogP contribution in [-0.2, 0) is 6.54 Å². The highest BCUT2D eigenvalue weighted by Crippen LogP contribution is 2.31. The zero-order valence-electron chi connectivity index (χ0n) is 11.6. The summed E-state index contributed by atoms with van der Waals surface area (Å²) in [5.41, 5.74) is 8.08. The minimum absolute atomic E-state index is 0.396. The van der Waals surface area contributed by atoms with Gasteiger partial charge in [-0.25, -0.2) is 0 Å². The van der Waals surface area contributed by atoms with E-state index in [1.165, 1.54) is 12.8 Å². The fourth-order valence-electron chi connectivity index (χ4n) is 2.39. The third-order valence-corrected chi connectivity index (χ3v) is 4.53. The van der Waals surface area contributed by atoms with E-state index >= 15 is 0 Å². The van der Waals surface area contributed by atoms with Gasteiger partial charge in [0.25, 0.3) is 0 Å². The lowest BCUT2D eigenvalue weighted by molar-refractivity contribution is 0.127. The first-order chi connectivity index (χ1) is 8.87. The van der Waals surface area contributed by atoms with Gasteiger partial charge in [0.1, 0.15) is 4.99 Å². The summed E-state index contributed by atoms with van der Waals surface area (Å²) in [6.07, 6.45) is 2.49. The maximum Gasteiger partial charge on any atom is 0.104 e. The van der Waals surface area contributed by atoms with Crippen molar-refractivity contribution >= 4 is 28.8 Å². The second-order valence-corrected chi connectivity index (χ2v) is 6.96. The van der Waals surface area contributed by atoms with Gasteiger partial charge in [-0.2, -0.15) is 0 Å². The molecule has 2 rings (SSSR count). The molecule has 4 heteroatoms. The number of nitrogens with zero attached hydrogens (tertiary/aromatic N) is 1. The van der Waals surface area contributed by atoms with Crippen LogP contribution in [0.2, 0.25) is 5.02 Å². The highest BCUT2D eigenvalue weighted by Gasteiger charge is 2.25. The van der Waals surface area contributed by atoms with Crippen LogP contribution in [0.4, 0.5) is 0 Å². The fraction of sp³-hybridized carbons (Fsp3) is 0.533. The Morgan fingerprint density at radius 1 is 1.37 bits per heavy atom. The SMILES string of the molecule is CC1(C)CCN(Cc2ccc(C(N)=S)cc2Cl)CC1. The Hall–Kier alpha value is -0.640. The summed E-state index contributed by atoms with van der Waals surface area (Å²) in [7, 11) is 0. The van der Waals surface area contributed by atoms with E-state index in [0.717, 1.165) is 35.8 Å². The van der Waals surface area contributed by atoms with E-state index in [9.17, 15) is 0 Å². The zero-order valence-corrected chi connectivity index (χ0v) is 13.2. The van der Waals surface area contributed by atoms with Crippen LogP contribution >= 0.6 is 23.8 Å². The molecule has 0 radical (unpaired) electrons. The van der Waals surface area contributed by atoms with Gasteiger partial charge in [0.15, 0.2) is 0 Å². The van der Waals surface area contributed by atoms with Crippen LogP contribution in [0.5, 0.6) is 0 Å². The summed E-state index contributed by atoms with van der Waals surface area (Å²) in [4.78, 5) is 2.86. The van der Waals surface area contributed by atoms with E-state index in [0.29, 0.717) is 10.4 Å². The summed E-state index contributed by atoms with van der Waals surface area (Å²) >= 11 is 11.3. The molecule has 0 atom stereocenters. The summed E-state index contributed by atoms with van der Waals surface area (Å²) in [5.74, 6) is 0. The van der Waals surface area contributed by atoms with E-state index in [2.05, 4.69) is 18.7 Å². The molecule has 0 aliphatic carbocycles. The Kier molecular flexibility index (Phi) is 4.49. The van der Waals surface area contributed by atoms with Crippen LogP contribution < -0.4 is 5.73 Å². The van der Waals surface area contributed by atoms with Gasteiger partial charge >= 0.3 is 0 Å². The molecule has 1 aromatic rings. The fourth-order valence-corrected chi connectivity index (χ4v) is 2.75. The quantitative estimate of drug-likeness (QED) is 0.864. The molecule has 19 heavy (non-hydrogen) atoms. The molecule has 0 amide bonds. The van der Waals surface area contributed by atoms with Crippen LogP contribution in [0.1, 0.15) is 37.8 Å². The predicted octanol–water partition coefficient (Wildman–Crippen LogP) is 3.60. The van der Waals surface area contributed by atoms with Crippen molar-refractivity contribution < 1.29 is 0 Å². The molecule has 1 aromatic carbocycles. The molecule has 1 saturated heterocycles. The van der Waals surface area contributed by atoms with Gasteiger partial charge in [-0.1, -0.05) is 49.8 Å². The molecule has 1 aliphatic heterocycles. The van der Waals surface area contributed by atoms with Crippen molar-refractivity contribution in [3.8, 4) is 0 Å². The number of benzene rings is 1. The lowest BCUT2D eigenvalue weighted by Crippen LogP contribution is -2.36. The molecule has 0 unspecified atom stereocenters. The van der Waals surface area contributed by atoms with Gasteiger partial charge in [0, 0.05) is 17.1 Å². The number of nitrogens with two attached hydrogens (primary N) is 1. The minimum Gasteiger partial charge on any atom is -0.389 e. The number of halogens is 1. The molecule has 1 heterocycles. The number of piperidine rings is 1. The second kappa shape index (κ2) is 5.78. The molecule has 2 nitrogen and oxygen atoms in total.